The number of para-hydroxylation sites is 1. The van der Waals surface area contributed by atoms with E-state index in [0.717, 1.165) is 24.8 Å². The molecule has 2 aromatic carbocycles. The maximum atomic E-state index is 12.6. The fourth-order valence-corrected chi connectivity index (χ4v) is 3.00. The monoisotopic (exact) mass is 339 g/mol. The summed E-state index contributed by atoms with van der Waals surface area (Å²) >= 11 is 0. The highest BCUT2D eigenvalue weighted by atomic mass is 16.5. The molecular formula is C20H21NO4. The van der Waals surface area contributed by atoms with Crippen LogP contribution in [0.3, 0.4) is 0 Å². The molecule has 0 spiro atoms. The number of fused-ring (bicyclic) bond motifs is 1. The van der Waals surface area contributed by atoms with Crippen molar-refractivity contribution < 1.29 is 19.1 Å². The lowest BCUT2D eigenvalue weighted by Gasteiger charge is -2.29. The van der Waals surface area contributed by atoms with Crippen molar-refractivity contribution in [1.29, 1.82) is 0 Å². The Bertz CT molecular complexity index is 772. The number of hydrogen-bond donors (Lipinski definition) is 0. The first-order valence-electron chi connectivity index (χ1n) is 8.46. The summed E-state index contributed by atoms with van der Waals surface area (Å²) in [5.74, 6) is 0.846. The number of carbonyl (C=O) groups excluding carboxylic acids is 2. The van der Waals surface area contributed by atoms with Gasteiger partial charge in [0.15, 0.2) is 18.1 Å². The van der Waals surface area contributed by atoms with E-state index in [1.54, 1.807) is 23.1 Å². The summed E-state index contributed by atoms with van der Waals surface area (Å²) in [6.45, 7) is 2.93. The van der Waals surface area contributed by atoms with Crippen LogP contribution in [-0.2, 0) is 11.2 Å². The largest absolute Gasteiger partial charge is 0.490 e. The van der Waals surface area contributed by atoms with Crippen molar-refractivity contribution in [2.75, 3.05) is 24.7 Å². The topological polar surface area (TPSA) is 55.8 Å². The molecule has 1 heterocycles. The fourth-order valence-electron chi connectivity index (χ4n) is 3.00. The summed E-state index contributed by atoms with van der Waals surface area (Å²) in [4.78, 5) is 25.3. The average molecular weight is 339 g/mol. The van der Waals surface area contributed by atoms with E-state index in [1.165, 1.54) is 5.56 Å². The molecule has 1 amide bonds. The second kappa shape index (κ2) is 7.83. The summed E-state index contributed by atoms with van der Waals surface area (Å²) in [6.07, 6.45) is 2.69. The van der Waals surface area contributed by atoms with Crippen molar-refractivity contribution in [3.05, 3.63) is 53.6 Å². The molecule has 3 rings (SSSR count). The Hall–Kier alpha value is -2.82. The smallest absolute Gasteiger partial charge is 0.264 e. The highest BCUT2D eigenvalue weighted by Gasteiger charge is 2.22. The predicted molar refractivity (Wildman–Crippen MR) is 95.6 cm³/mol. The Kier molecular flexibility index (Phi) is 5.33. The summed E-state index contributed by atoms with van der Waals surface area (Å²) in [5.41, 5.74) is 2.66. The van der Waals surface area contributed by atoms with Crippen molar-refractivity contribution in [2.45, 2.75) is 19.8 Å². The number of nitrogens with zero attached hydrogens (tertiary/aromatic N) is 1. The van der Waals surface area contributed by atoms with Crippen LogP contribution in [0.25, 0.3) is 0 Å². The number of ether oxygens (including phenoxy) is 2. The molecule has 0 saturated carbocycles. The normalized spacial score (nSPS) is 13.1. The third-order valence-corrected chi connectivity index (χ3v) is 4.17. The Morgan fingerprint density at radius 2 is 2.00 bits per heavy atom. The van der Waals surface area contributed by atoms with Gasteiger partial charge in [-0.25, -0.2) is 0 Å². The molecule has 0 aromatic heterocycles. The average Bonchev–Trinajstić information content (AvgIpc) is 2.66. The van der Waals surface area contributed by atoms with Gasteiger partial charge < -0.3 is 14.4 Å². The van der Waals surface area contributed by atoms with Gasteiger partial charge in [-0.3, -0.25) is 9.59 Å². The second-order valence-electron chi connectivity index (χ2n) is 5.82. The standard InChI is InChI=1S/C20H21NO4/c1-2-24-19-12-15(13-22)9-10-18(19)25-14-20(23)21-11-5-7-16-6-3-4-8-17(16)21/h3-4,6,8-10,12-13H,2,5,7,11,14H2,1H3. The van der Waals surface area contributed by atoms with E-state index >= 15 is 0 Å². The first-order chi connectivity index (χ1) is 12.2. The molecule has 5 nitrogen and oxygen atoms in total. The molecule has 0 bridgehead atoms. The molecule has 130 valence electrons. The molecular weight excluding hydrogens is 318 g/mol. The number of aryl methyl sites for hydroxylation is 1. The quantitative estimate of drug-likeness (QED) is 0.758. The maximum absolute atomic E-state index is 12.6. The molecule has 0 radical (unpaired) electrons. The van der Waals surface area contributed by atoms with Crippen LogP contribution in [0.5, 0.6) is 11.5 Å². The van der Waals surface area contributed by atoms with Crippen LogP contribution in [0.1, 0.15) is 29.3 Å². The maximum Gasteiger partial charge on any atom is 0.264 e. The first-order valence-corrected chi connectivity index (χ1v) is 8.46. The molecule has 0 aliphatic carbocycles. The van der Waals surface area contributed by atoms with Gasteiger partial charge in [0.1, 0.15) is 6.29 Å². The van der Waals surface area contributed by atoms with Crippen LogP contribution >= 0.6 is 0 Å². The molecule has 0 saturated heterocycles. The van der Waals surface area contributed by atoms with Gasteiger partial charge in [0.2, 0.25) is 0 Å². The number of aldehydes is 1. The van der Waals surface area contributed by atoms with Crippen molar-refractivity contribution in [3.8, 4) is 11.5 Å². The third-order valence-electron chi connectivity index (χ3n) is 4.17. The van der Waals surface area contributed by atoms with E-state index in [9.17, 15) is 9.59 Å². The van der Waals surface area contributed by atoms with Crippen LogP contribution < -0.4 is 14.4 Å². The lowest BCUT2D eigenvalue weighted by atomic mass is 10.0. The van der Waals surface area contributed by atoms with Gasteiger partial charge in [0.25, 0.3) is 5.91 Å². The minimum absolute atomic E-state index is 0.0746. The van der Waals surface area contributed by atoms with Gasteiger partial charge in [-0.1, -0.05) is 18.2 Å². The van der Waals surface area contributed by atoms with Gasteiger partial charge in [-0.15, -0.1) is 0 Å². The summed E-state index contributed by atoms with van der Waals surface area (Å²) in [7, 11) is 0. The molecule has 1 aliphatic rings. The number of carbonyl (C=O) groups is 2. The Morgan fingerprint density at radius 1 is 1.16 bits per heavy atom. The van der Waals surface area contributed by atoms with E-state index < -0.39 is 0 Å². The van der Waals surface area contributed by atoms with E-state index in [0.29, 0.717) is 30.2 Å². The SMILES string of the molecule is CCOc1cc(C=O)ccc1OCC(=O)N1CCCc2ccccc21. The van der Waals surface area contributed by atoms with Crippen molar-refractivity contribution >= 4 is 17.9 Å². The summed E-state index contributed by atoms with van der Waals surface area (Å²) < 4.78 is 11.2. The number of hydrogen-bond acceptors (Lipinski definition) is 4. The fraction of sp³-hybridized carbons (Fsp3) is 0.300. The molecule has 5 heteroatoms. The minimum atomic E-state index is -0.0888. The molecule has 0 atom stereocenters. The summed E-state index contributed by atoms with van der Waals surface area (Å²) in [5, 5.41) is 0. The zero-order valence-corrected chi connectivity index (χ0v) is 14.2. The number of amides is 1. The van der Waals surface area contributed by atoms with Crippen molar-refractivity contribution in [3.63, 3.8) is 0 Å². The van der Waals surface area contributed by atoms with Crippen LogP contribution in [-0.4, -0.2) is 32.0 Å². The number of rotatable bonds is 6. The lowest BCUT2D eigenvalue weighted by molar-refractivity contribution is -0.120. The number of anilines is 1. The van der Waals surface area contributed by atoms with Crippen LogP contribution in [0.2, 0.25) is 0 Å². The lowest BCUT2D eigenvalue weighted by Crippen LogP contribution is -2.38. The molecule has 25 heavy (non-hydrogen) atoms. The second-order valence-corrected chi connectivity index (χ2v) is 5.82. The van der Waals surface area contributed by atoms with E-state index in [-0.39, 0.29) is 12.5 Å². The van der Waals surface area contributed by atoms with E-state index in [2.05, 4.69) is 6.07 Å². The van der Waals surface area contributed by atoms with Gasteiger partial charge >= 0.3 is 0 Å². The Labute approximate surface area is 147 Å². The van der Waals surface area contributed by atoms with Gasteiger partial charge in [-0.2, -0.15) is 0 Å². The highest BCUT2D eigenvalue weighted by molar-refractivity contribution is 5.95. The third kappa shape index (κ3) is 3.82. The molecule has 0 N–H and O–H groups in total. The van der Waals surface area contributed by atoms with E-state index in [1.807, 2.05) is 25.1 Å². The Morgan fingerprint density at radius 3 is 2.80 bits per heavy atom. The van der Waals surface area contributed by atoms with E-state index in [4.69, 9.17) is 9.47 Å². The van der Waals surface area contributed by atoms with Gasteiger partial charge in [0, 0.05) is 17.8 Å². The molecule has 2 aromatic rings. The van der Waals surface area contributed by atoms with Crippen molar-refractivity contribution in [1.82, 2.24) is 0 Å². The van der Waals surface area contributed by atoms with Gasteiger partial charge in [0.05, 0.1) is 6.61 Å². The predicted octanol–water partition coefficient (Wildman–Crippen LogP) is 3.26. The molecule has 0 unspecified atom stereocenters. The van der Waals surface area contributed by atoms with Gasteiger partial charge in [-0.05, 0) is 49.6 Å². The van der Waals surface area contributed by atoms with Crippen LogP contribution in [0.15, 0.2) is 42.5 Å². The summed E-state index contributed by atoms with van der Waals surface area (Å²) in [6, 6.07) is 12.9. The zero-order chi connectivity index (χ0) is 17.6. The number of benzene rings is 2. The highest BCUT2D eigenvalue weighted by Crippen LogP contribution is 2.29. The van der Waals surface area contributed by atoms with Crippen LogP contribution in [0.4, 0.5) is 5.69 Å². The molecule has 1 aliphatic heterocycles. The Balaban J connectivity index is 1.72. The molecule has 0 fully saturated rings. The zero-order valence-electron chi connectivity index (χ0n) is 14.2. The van der Waals surface area contributed by atoms with Crippen LogP contribution in [0, 0.1) is 0 Å². The first kappa shape index (κ1) is 17.0. The van der Waals surface area contributed by atoms with Crippen molar-refractivity contribution in [2.24, 2.45) is 0 Å². The minimum Gasteiger partial charge on any atom is -0.490 e.